The Bertz CT molecular complexity index is 403. The number of benzene rings is 1. The molecule has 0 spiro atoms. The van der Waals surface area contributed by atoms with Gasteiger partial charge in [0.05, 0.1) is 5.56 Å². The van der Waals surface area contributed by atoms with Gasteiger partial charge in [0.25, 0.3) is 0 Å². The highest BCUT2D eigenvalue weighted by Crippen LogP contribution is 2.27. The highest BCUT2D eigenvalue weighted by molar-refractivity contribution is 5.94. The topological polar surface area (TPSA) is 49.3 Å². The van der Waals surface area contributed by atoms with Gasteiger partial charge in [0.1, 0.15) is 0 Å². The molecule has 0 heterocycles. The maximum atomic E-state index is 11.1. The second-order valence-electron chi connectivity index (χ2n) is 4.96. The molecule has 2 N–H and O–H groups in total. The van der Waals surface area contributed by atoms with Gasteiger partial charge in [-0.05, 0) is 30.9 Å². The van der Waals surface area contributed by atoms with E-state index >= 15 is 0 Å². The van der Waals surface area contributed by atoms with E-state index in [1.54, 1.807) is 12.1 Å². The fraction of sp³-hybridized carbons (Fsp3) is 0.500. The normalized spacial score (nSPS) is 24.3. The van der Waals surface area contributed by atoms with Crippen molar-refractivity contribution in [3.8, 4) is 0 Å². The van der Waals surface area contributed by atoms with Crippen molar-refractivity contribution in [3.63, 3.8) is 0 Å². The lowest BCUT2D eigenvalue weighted by Gasteiger charge is -2.28. The fourth-order valence-electron chi connectivity index (χ4n) is 2.58. The van der Waals surface area contributed by atoms with Crippen molar-refractivity contribution >= 4 is 11.7 Å². The first kappa shape index (κ1) is 12.0. The van der Waals surface area contributed by atoms with Gasteiger partial charge < -0.3 is 10.4 Å². The maximum absolute atomic E-state index is 11.1. The third-order valence-electron chi connectivity index (χ3n) is 3.45. The van der Waals surface area contributed by atoms with E-state index in [4.69, 9.17) is 5.11 Å². The third kappa shape index (κ3) is 2.99. The Labute approximate surface area is 102 Å². The smallest absolute Gasteiger partial charge is 0.337 e. The second-order valence-corrected chi connectivity index (χ2v) is 4.96. The highest BCUT2D eigenvalue weighted by atomic mass is 16.4. The van der Waals surface area contributed by atoms with Crippen molar-refractivity contribution in [1.82, 2.24) is 0 Å². The van der Waals surface area contributed by atoms with Gasteiger partial charge in [-0.2, -0.15) is 0 Å². The number of aromatic carboxylic acids is 1. The molecule has 1 aromatic carbocycles. The summed E-state index contributed by atoms with van der Waals surface area (Å²) in [5.41, 5.74) is 1.12. The quantitative estimate of drug-likeness (QED) is 0.841. The number of rotatable bonds is 3. The molecule has 3 nitrogen and oxygen atoms in total. The molecule has 92 valence electrons. The van der Waals surface area contributed by atoms with Crippen molar-refractivity contribution in [2.45, 2.75) is 38.6 Å². The Morgan fingerprint density at radius 1 is 1.35 bits per heavy atom. The van der Waals surface area contributed by atoms with Gasteiger partial charge in [-0.3, -0.25) is 0 Å². The van der Waals surface area contributed by atoms with Gasteiger partial charge in [0.2, 0.25) is 0 Å². The van der Waals surface area contributed by atoms with Crippen LogP contribution in [-0.4, -0.2) is 17.1 Å². The van der Waals surface area contributed by atoms with Crippen molar-refractivity contribution in [1.29, 1.82) is 0 Å². The molecule has 17 heavy (non-hydrogen) atoms. The van der Waals surface area contributed by atoms with Crippen LogP contribution in [-0.2, 0) is 0 Å². The predicted molar refractivity (Wildman–Crippen MR) is 68.4 cm³/mol. The van der Waals surface area contributed by atoms with Crippen LogP contribution in [0, 0.1) is 5.92 Å². The monoisotopic (exact) mass is 233 g/mol. The first-order valence-corrected chi connectivity index (χ1v) is 6.25. The number of hydrogen-bond donors (Lipinski definition) is 2. The summed E-state index contributed by atoms with van der Waals surface area (Å²) in [5.74, 6) is -0.129. The van der Waals surface area contributed by atoms with Crippen LogP contribution in [0.25, 0.3) is 0 Å². The minimum atomic E-state index is -0.864. The highest BCUT2D eigenvalue weighted by Gasteiger charge is 2.20. The average molecular weight is 233 g/mol. The van der Waals surface area contributed by atoms with Crippen LogP contribution >= 0.6 is 0 Å². The summed E-state index contributed by atoms with van der Waals surface area (Å²) in [7, 11) is 0. The zero-order chi connectivity index (χ0) is 12.3. The molecule has 0 amide bonds. The van der Waals surface area contributed by atoms with Gasteiger partial charge in [0.15, 0.2) is 0 Å². The molecule has 1 aromatic rings. The van der Waals surface area contributed by atoms with E-state index in [0.717, 1.165) is 24.4 Å². The van der Waals surface area contributed by atoms with Crippen molar-refractivity contribution in [2.24, 2.45) is 5.92 Å². The minimum Gasteiger partial charge on any atom is -0.478 e. The molecule has 1 aliphatic carbocycles. The number of carboxylic acid groups (broad SMARTS) is 1. The van der Waals surface area contributed by atoms with E-state index in [9.17, 15) is 4.79 Å². The lowest BCUT2D eigenvalue weighted by atomic mass is 9.87. The van der Waals surface area contributed by atoms with Crippen LogP contribution in [0.1, 0.15) is 43.0 Å². The summed E-state index contributed by atoms with van der Waals surface area (Å²) >= 11 is 0. The molecular formula is C14H19NO2. The number of nitrogens with one attached hydrogen (secondary N) is 1. The molecule has 0 bridgehead atoms. The Morgan fingerprint density at radius 2 is 2.12 bits per heavy atom. The summed E-state index contributed by atoms with van der Waals surface area (Å²) < 4.78 is 0. The van der Waals surface area contributed by atoms with Crippen LogP contribution in [0.5, 0.6) is 0 Å². The predicted octanol–water partition coefficient (Wildman–Crippen LogP) is 3.38. The van der Waals surface area contributed by atoms with E-state index in [1.165, 1.54) is 12.8 Å². The molecule has 0 saturated heterocycles. The minimum absolute atomic E-state index is 0.366. The van der Waals surface area contributed by atoms with Crippen LogP contribution in [0.15, 0.2) is 24.3 Å². The summed E-state index contributed by atoms with van der Waals surface area (Å²) in [6.45, 7) is 2.26. The van der Waals surface area contributed by atoms with Crippen molar-refractivity contribution < 1.29 is 9.90 Å². The molecule has 1 saturated carbocycles. The number of anilines is 1. The molecular weight excluding hydrogens is 214 g/mol. The first-order chi connectivity index (χ1) is 8.16. The standard InChI is InChI=1S/C14H19NO2/c1-10-5-4-6-11(9-10)15-13-8-3-2-7-12(13)14(16)17/h2-3,7-8,10-11,15H,4-6,9H2,1H3,(H,16,17)/t10-,11+/m0/s1. The van der Waals surface area contributed by atoms with E-state index in [2.05, 4.69) is 12.2 Å². The van der Waals surface area contributed by atoms with Crippen LogP contribution in [0.4, 0.5) is 5.69 Å². The van der Waals surface area contributed by atoms with Crippen molar-refractivity contribution in [2.75, 3.05) is 5.32 Å². The molecule has 1 fully saturated rings. The number of hydrogen-bond acceptors (Lipinski definition) is 2. The van der Waals surface area contributed by atoms with Gasteiger partial charge in [0, 0.05) is 11.7 Å². The molecule has 0 unspecified atom stereocenters. The zero-order valence-corrected chi connectivity index (χ0v) is 10.1. The summed E-state index contributed by atoms with van der Waals surface area (Å²) in [4.78, 5) is 11.1. The summed E-state index contributed by atoms with van der Waals surface area (Å²) in [5, 5.41) is 12.5. The van der Waals surface area contributed by atoms with Gasteiger partial charge in [-0.25, -0.2) is 4.79 Å². The lowest BCUT2D eigenvalue weighted by Crippen LogP contribution is -2.27. The van der Waals surface area contributed by atoms with Crippen LogP contribution < -0.4 is 5.32 Å². The molecule has 2 rings (SSSR count). The molecule has 0 aliphatic heterocycles. The number of carbonyl (C=O) groups is 1. The van der Waals surface area contributed by atoms with Crippen LogP contribution in [0.3, 0.4) is 0 Å². The largest absolute Gasteiger partial charge is 0.478 e. The Balaban J connectivity index is 2.10. The zero-order valence-electron chi connectivity index (χ0n) is 10.1. The summed E-state index contributed by atoms with van der Waals surface area (Å²) in [6, 6.07) is 7.55. The van der Waals surface area contributed by atoms with E-state index in [0.29, 0.717) is 11.6 Å². The summed E-state index contributed by atoms with van der Waals surface area (Å²) in [6.07, 6.45) is 4.79. The second kappa shape index (κ2) is 5.21. The SMILES string of the molecule is C[C@H]1CCC[C@@H](Nc2ccccc2C(=O)O)C1. The number of carboxylic acids is 1. The van der Waals surface area contributed by atoms with Crippen molar-refractivity contribution in [3.05, 3.63) is 29.8 Å². The Morgan fingerprint density at radius 3 is 2.82 bits per heavy atom. The average Bonchev–Trinajstić information content (AvgIpc) is 2.29. The van der Waals surface area contributed by atoms with Gasteiger partial charge in [-0.15, -0.1) is 0 Å². The molecule has 2 atom stereocenters. The molecule has 0 aromatic heterocycles. The van der Waals surface area contributed by atoms with E-state index < -0.39 is 5.97 Å². The fourth-order valence-corrected chi connectivity index (χ4v) is 2.58. The maximum Gasteiger partial charge on any atom is 0.337 e. The van der Waals surface area contributed by atoms with E-state index in [-0.39, 0.29) is 0 Å². The lowest BCUT2D eigenvalue weighted by molar-refractivity contribution is 0.0698. The van der Waals surface area contributed by atoms with E-state index in [1.807, 2.05) is 12.1 Å². The Hall–Kier alpha value is -1.51. The first-order valence-electron chi connectivity index (χ1n) is 6.25. The number of para-hydroxylation sites is 1. The Kier molecular flexibility index (Phi) is 3.67. The molecule has 0 radical (unpaired) electrons. The molecule has 3 heteroatoms. The van der Waals surface area contributed by atoms with Gasteiger partial charge in [-0.1, -0.05) is 31.9 Å². The molecule has 1 aliphatic rings. The third-order valence-corrected chi connectivity index (χ3v) is 3.45. The van der Waals surface area contributed by atoms with Crippen LogP contribution in [0.2, 0.25) is 0 Å². The van der Waals surface area contributed by atoms with Gasteiger partial charge >= 0.3 is 5.97 Å².